The maximum absolute atomic E-state index is 13.1. The van der Waals surface area contributed by atoms with E-state index in [9.17, 15) is 14.4 Å². The third-order valence-corrected chi connectivity index (χ3v) is 5.85. The van der Waals surface area contributed by atoms with E-state index in [1.165, 1.54) is 20.5 Å². The quantitative estimate of drug-likeness (QED) is 0.484. The van der Waals surface area contributed by atoms with Gasteiger partial charge in [0, 0.05) is 18.3 Å². The highest BCUT2D eigenvalue weighted by Crippen LogP contribution is 2.18. The van der Waals surface area contributed by atoms with Crippen LogP contribution in [0.25, 0.3) is 10.2 Å². The molecule has 0 unspecified atom stereocenters. The van der Waals surface area contributed by atoms with Crippen molar-refractivity contribution in [1.82, 2.24) is 9.13 Å². The summed E-state index contributed by atoms with van der Waals surface area (Å²) in [5.74, 6) is 0.251. The largest absolute Gasteiger partial charge is 0.497 e. The van der Waals surface area contributed by atoms with Crippen molar-refractivity contribution in [3.8, 4) is 5.75 Å². The topological polar surface area (TPSA) is 82.3 Å². The lowest BCUT2D eigenvalue weighted by atomic mass is 10.1. The molecular weight excluding hydrogens is 414 g/mol. The van der Waals surface area contributed by atoms with Crippen molar-refractivity contribution in [2.24, 2.45) is 0 Å². The monoisotopic (exact) mass is 435 g/mol. The highest BCUT2D eigenvalue weighted by molar-refractivity contribution is 7.17. The number of methoxy groups -OCH3 is 1. The predicted octanol–water partition coefficient (Wildman–Crippen LogP) is 3.11. The van der Waals surface area contributed by atoms with Crippen LogP contribution in [0.4, 0.5) is 5.69 Å². The summed E-state index contributed by atoms with van der Waals surface area (Å²) in [5, 5.41) is 4.53. The molecule has 1 amide bonds. The Kier molecular flexibility index (Phi) is 5.99. The molecule has 1 N–H and O–H groups in total. The van der Waals surface area contributed by atoms with Crippen LogP contribution in [-0.2, 0) is 24.3 Å². The fraction of sp³-hybridized carbons (Fsp3) is 0.174. The summed E-state index contributed by atoms with van der Waals surface area (Å²) < 4.78 is 8.20. The second-order valence-corrected chi connectivity index (χ2v) is 7.89. The molecule has 2 heterocycles. The van der Waals surface area contributed by atoms with Crippen LogP contribution in [0.15, 0.2) is 75.6 Å². The fourth-order valence-electron chi connectivity index (χ4n) is 3.41. The molecule has 31 heavy (non-hydrogen) atoms. The van der Waals surface area contributed by atoms with Gasteiger partial charge in [-0.15, -0.1) is 11.3 Å². The zero-order valence-electron chi connectivity index (χ0n) is 16.9. The van der Waals surface area contributed by atoms with Gasteiger partial charge in [-0.1, -0.05) is 36.4 Å². The molecule has 158 valence electrons. The molecule has 0 bridgehead atoms. The Bertz CT molecular complexity index is 1340. The van der Waals surface area contributed by atoms with Crippen molar-refractivity contribution in [2.75, 3.05) is 12.4 Å². The molecule has 0 aliphatic carbocycles. The van der Waals surface area contributed by atoms with E-state index in [4.69, 9.17) is 4.74 Å². The number of aryl methyl sites for hydroxylation is 1. The van der Waals surface area contributed by atoms with Crippen LogP contribution in [0.3, 0.4) is 0 Å². The molecule has 0 aliphatic heterocycles. The maximum Gasteiger partial charge on any atom is 0.332 e. The zero-order chi connectivity index (χ0) is 21.8. The van der Waals surface area contributed by atoms with E-state index in [1.807, 2.05) is 30.3 Å². The fourth-order valence-corrected chi connectivity index (χ4v) is 4.26. The van der Waals surface area contributed by atoms with Crippen LogP contribution in [-0.4, -0.2) is 22.2 Å². The number of hydrogen-bond acceptors (Lipinski definition) is 5. The lowest BCUT2D eigenvalue weighted by Crippen LogP contribution is -2.41. The maximum atomic E-state index is 13.1. The SMILES string of the molecule is COc1cccc(NC(=O)Cn2c(=O)n(CCc3ccccc3)c(=O)c3sccc32)c1. The van der Waals surface area contributed by atoms with Crippen LogP contribution in [0, 0.1) is 0 Å². The van der Waals surface area contributed by atoms with Gasteiger partial charge in [0.15, 0.2) is 0 Å². The lowest BCUT2D eigenvalue weighted by molar-refractivity contribution is -0.116. The number of carbonyl (C=O) groups excluding carboxylic acids is 1. The molecule has 7 nitrogen and oxygen atoms in total. The standard InChI is InChI=1S/C23H21N3O4S/c1-30-18-9-5-8-17(14-18)24-20(27)15-26-19-11-13-31-21(19)22(28)25(23(26)29)12-10-16-6-3-2-4-7-16/h2-9,11,13-14H,10,12,15H2,1H3,(H,24,27). The number of carbonyl (C=O) groups is 1. The van der Waals surface area contributed by atoms with Gasteiger partial charge in [-0.2, -0.15) is 0 Å². The molecule has 4 rings (SSSR count). The summed E-state index contributed by atoms with van der Waals surface area (Å²) in [6, 6.07) is 18.3. The van der Waals surface area contributed by atoms with Gasteiger partial charge in [0.05, 0.1) is 12.6 Å². The number of hydrogen-bond donors (Lipinski definition) is 1. The summed E-state index contributed by atoms with van der Waals surface area (Å²) in [7, 11) is 1.55. The van der Waals surface area contributed by atoms with Crippen molar-refractivity contribution in [1.29, 1.82) is 0 Å². The third-order valence-electron chi connectivity index (χ3n) is 4.96. The normalized spacial score (nSPS) is 10.9. The summed E-state index contributed by atoms with van der Waals surface area (Å²) >= 11 is 1.27. The minimum atomic E-state index is -0.493. The minimum absolute atomic E-state index is 0.200. The molecule has 0 spiro atoms. The Morgan fingerprint density at radius 1 is 1.03 bits per heavy atom. The van der Waals surface area contributed by atoms with E-state index in [-0.39, 0.29) is 24.6 Å². The van der Waals surface area contributed by atoms with E-state index in [2.05, 4.69) is 5.32 Å². The van der Waals surface area contributed by atoms with Crippen molar-refractivity contribution in [2.45, 2.75) is 19.5 Å². The van der Waals surface area contributed by atoms with Gasteiger partial charge < -0.3 is 10.1 Å². The average molecular weight is 436 g/mol. The molecule has 2 aromatic carbocycles. The second kappa shape index (κ2) is 9.01. The van der Waals surface area contributed by atoms with Crippen LogP contribution in [0.1, 0.15) is 5.56 Å². The first kappa shape index (κ1) is 20.6. The minimum Gasteiger partial charge on any atom is -0.497 e. The van der Waals surface area contributed by atoms with Crippen molar-refractivity contribution >= 4 is 33.1 Å². The van der Waals surface area contributed by atoms with E-state index < -0.39 is 5.69 Å². The molecule has 0 radical (unpaired) electrons. The van der Waals surface area contributed by atoms with E-state index in [0.717, 1.165) is 5.56 Å². The number of nitrogens with zero attached hydrogens (tertiary/aromatic N) is 2. The molecule has 0 saturated carbocycles. The molecule has 8 heteroatoms. The van der Waals surface area contributed by atoms with Crippen LogP contribution in [0.5, 0.6) is 5.75 Å². The Labute approximate surface area is 182 Å². The van der Waals surface area contributed by atoms with Gasteiger partial charge in [0.25, 0.3) is 5.56 Å². The number of amides is 1. The number of aromatic nitrogens is 2. The molecule has 0 aliphatic rings. The van der Waals surface area contributed by atoms with E-state index >= 15 is 0 Å². The summed E-state index contributed by atoms with van der Waals surface area (Å²) in [6.45, 7) is 0.0436. The van der Waals surface area contributed by atoms with Crippen molar-refractivity contribution < 1.29 is 9.53 Å². The first-order valence-corrected chi connectivity index (χ1v) is 10.6. The number of anilines is 1. The molecule has 0 fully saturated rings. The number of ether oxygens (including phenoxy) is 1. The molecule has 0 saturated heterocycles. The first-order chi connectivity index (χ1) is 15.1. The number of fused-ring (bicyclic) bond motifs is 1. The molecule has 4 aromatic rings. The Morgan fingerprint density at radius 3 is 2.61 bits per heavy atom. The van der Waals surface area contributed by atoms with Crippen molar-refractivity contribution in [3.63, 3.8) is 0 Å². The summed E-state index contributed by atoms with van der Waals surface area (Å²) in [4.78, 5) is 38.7. The smallest absolute Gasteiger partial charge is 0.332 e. The number of thiophene rings is 1. The first-order valence-electron chi connectivity index (χ1n) is 9.75. The Balaban J connectivity index is 1.63. The van der Waals surface area contributed by atoms with Crippen molar-refractivity contribution in [3.05, 3.63) is 92.4 Å². The van der Waals surface area contributed by atoms with E-state index in [0.29, 0.717) is 28.1 Å². The molecular formula is C23H21N3O4S. The Hall–Kier alpha value is -3.65. The Morgan fingerprint density at radius 2 is 1.84 bits per heavy atom. The number of rotatable bonds is 7. The van der Waals surface area contributed by atoms with Gasteiger partial charge in [0.1, 0.15) is 17.0 Å². The highest BCUT2D eigenvalue weighted by atomic mass is 32.1. The highest BCUT2D eigenvalue weighted by Gasteiger charge is 2.16. The number of benzene rings is 2. The van der Waals surface area contributed by atoms with Gasteiger partial charge in [-0.05, 0) is 35.6 Å². The summed E-state index contributed by atoms with van der Waals surface area (Å²) in [5.41, 5.74) is 1.25. The van der Waals surface area contributed by atoms with Gasteiger partial charge in [-0.25, -0.2) is 4.79 Å². The van der Waals surface area contributed by atoms with Crippen LogP contribution in [0.2, 0.25) is 0 Å². The molecule has 2 aromatic heterocycles. The molecule has 0 atom stereocenters. The zero-order valence-corrected chi connectivity index (χ0v) is 17.7. The average Bonchev–Trinajstić information content (AvgIpc) is 3.27. The lowest BCUT2D eigenvalue weighted by Gasteiger charge is -2.13. The predicted molar refractivity (Wildman–Crippen MR) is 122 cm³/mol. The van der Waals surface area contributed by atoms with Gasteiger partial charge in [-0.3, -0.25) is 18.7 Å². The number of nitrogens with one attached hydrogen (secondary N) is 1. The van der Waals surface area contributed by atoms with Gasteiger partial charge >= 0.3 is 5.69 Å². The van der Waals surface area contributed by atoms with Crippen LogP contribution >= 0.6 is 11.3 Å². The second-order valence-electron chi connectivity index (χ2n) is 6.98. The van der Waals surface area contributed by atoms with Crippen LogP contribution < -0.4 is 21.3 Å². The van der Waals surface area contributed by atoms with Gasteiger partial charge in [0.2, 0.25) is 5.91 Å². The van der Waals surface area contributed by atoms with E-state index in [1.54, 1.807) is 42.8 Å². The summed E-state index contributed by atoms with van der Waals surface area (Å²) in [6.07, 6.45) is 0.545. The third kappa shape index (κ3) is 4.44.